The molecule has 1 aliphatic heterocycles. The fraction of sp³-hybridized carbons (Fsp3) is 0.385. The molecule has 1 fully saturated rings. The lowest BCUT2D eigenvalue weighted by molar-refractivity contribution is -0.140. The third kappa shape index (κ3) is 5.25. The van der Waals surface area contributed by atoms with E-state index < -0.39 is 17.8 Å². The topological polar surface area (TPSA) is 71.8 Å². The Morgan fingerprint density at radius 1 is 0.974 bits per heavy atom. The molecular formula is C26H26F5N7. The number of imidazole rings is 1. The van der Waals surface area contributed by atoms with Crippen molar-refractivity contribution in [3.05, 3.63) is 60.0 Å². The Kier molecular flexibility index (Phi) is 6.66. The minimum Gasteiger partial charge on any atom is -0.369 e. The molecule has 3 aromatic heterocycles. The van der Waals surface area contributed by atoms with E-state index >= 15 is 0 Å². The molecule has 1 aromatic carbocycles. The number of hydrogen-bond acceptors (Lipinski definition) is 6. The van der Waals surface area contributed by atoms with Crippen LogP contribution in [0, 0.1) is 5.92 Å². The van der Waals surface area contributed by atoms with Gasteiger partial charge in [0.25, 0.3) is 5.92 Å². The Bertz CT molecular complexity index is 1440. The first-order valence-corrected chi connectivity index (χ1v) is 12.2. The molecule has 4 heterocycles. The fourth-order valence-corrected chi connectivity index (χ4v) is 4.74. The second kappa shape index (κ2) is 9.80. The highest BCUT2D eigenvalue weighted by atomic mass is 19.4. The zero-order chi connectivity index (χ0) is 27.1. The molecule has 0 saturated carbocycles. The summed E-state index contributed by atoms with van der Waals surface area (Å²) in [5.41, 5.74) is -0.450. The van der Waals surface area contributed by atoms with Crippen molar-refractivity contribution in [2.24, 2.45) is 13.0 Å². The molecule has 1 saturated heterocycles. The summed E-state index contributed by atoms with van der Waals surface area (Å²) >= 11 is 0. The Labute approximate surface area is 215 Å². The van der Waals surface area contributed by atoms with Gasteiger partial charge in [-0.2, -0.15) is 13.2 Å². The lowest BCUT2D eigenvalue weighted by Crippen LogP contribution is -2.37. The molecule has 4 aromatic rings. The van der Waals surface area contributed by atoms with Gasteiger partial charge < -0.3 is 14.8 Å². The van der Waals surface area contributed by atoms with Crippen LogP contribution >= 0.6 is 0 Å². The summed E-state index contributed by atoms with van der Waals surface area (Å²) in [5, 5.41) is 4.02. The smallest absolute Gasteiger partial charge is 0.369 e. The molecule has 1 aliphatic rings. The first-order chi connectivity index (χ1) is 18.0. The van der Waals surface area contributed by atoms with E-state index in [1.54, 1.807) is 37.5 Å². The average molecular weight is 532 g/mol. The van der Waals surface area contributed by atoms with Gasteiger partial charge in [-0.05, 0) is 30.9 Å². The van der Waals surface area contributed by atoms with E-state index in [9.17, 15) is 22.0 Å². The van der Waals surface area contributed by atoms with Crippen molar-refractivity contribution >= 4 is 22.8 Å². The summed E-state index contributed by atoms with van der Waals surface area (Å²) in [5.74, 6) is -1.90. The SMILES string of the molecule is Cn1cc(C(F)(F)F)nc1N1CCC(CNc2nc(-c3ccccc3C(C)(F)F)nc3ncccc23)CC1. The molecule has 0 amide bonds. The van der Waals surface area contributed by atoms with Crippen LogP contribution in [0.4, 0.5) is 33.7 Å². The number of alkyl halides is 5. The molecule has 200 valence electrons. The molecule has 12 heteroatoms. The number of fused-ring (bicyclic) bond motifs is 1. The van der Waals surface area contributed by atoms with Crippen molar-refractivity contribution in [1.29, 1.82) is 0 Å². The van der Waals surface area contributed by atoms with Gasteiger partial charge in [-0.1, -0.05) is 24.3 Å². The monoisotopic (exact) mass is 531 g/mol. The van der Waals surface area contributed by atoms with Crippen LogP contribution in [0.15, 0.2) is 48.8 Å². The van der Waals surface area contributed by atoms with Gasteiger partial charge in [-0.3, -0.25) is 0 Å². The van der Waals surface area contributed by atoms with Crippen molar-refractivity contribution in [3.8, 4) is 11.4 Å². The van der Waals surface area contributed by atoms with Crippen LogP contribution in [0.25, 0.3) is 22.4 Å². The predicted molar refractivity (Wildman–Crippen MR) is 134 cm³/mol. The van der Waals surface area contributed by atoms with Gasteiger partial charge in [0.1, 0.15) is 5.82 Å². The molecule has 0 spiro atoms. The van der Waals surface area contributed by atoms with Gasteiger partial charge in [0.15, 0.2) is 17.2 Å². The van der Waals surface area contributed by atoms with E-state index in [-0.39, 0.29) is 22.9 Å². The van der Waals surface area contributed by atoms with Gasteiger partial charge in [-0.25, -0.2) is 28.7 Å². The minimum absolute atomic E-state index is 0.154. The third-order valence-electron chi connectivity index (χ3n) is 6.71. The lowest BCUT2D eigenvalue weighted by atomic mass is 9.97. The highest BCUT2D eigenvalue weighted by Crippen LogP contribution is 2.36. The number of anilines is 2. The Balaban J connectivity index is 1.33. The maximum absolute atomic E-state index is 14.3. The molecule has 0 aliphatic carbocycles. The van der Waals surface area contributed by atoms with Crippen LogP contribution < -0.4 is 10.2 Å². The summed E-state index contributed by atoms with van der Waals surface area (Å²) in [6.45, 7) is 2.51. The summed E-state index contributed by atoms with van der Waals surface area (Å²) in [6.07, 6.45) is -0.428. The maximum atomic E-state index is 14.3. The Morgan fingerprint density at radius 2 is 1.71 bits per heavy atom. The van der Waals surface area contributed by atoms with Crippen molar-refractivity contribution in [1.82, 2.24) is 24.5 Å². The third-order valence-corrected chi connectivity index (χ3v) is 6.71. The largest absolute Gasteiger partial charge is 0.434 e. The summed E-state index contributed by atoms with van der Waals surface area (Å²) in [7, 11) is 1.56. The van der Waals surface area contributed by atoms with Crippen LogP contribution in [-0.2, 0) is 19.1 Å². The van der Waals surface area contributed by atoms with Crippen LogP contribution in [-0.4, -0.2) is 44.1 Å². The van der Waals surface area contributed by atoms with Crippen LogP contribution in [0.3, 0.4) is 0 Å². The number of piperidine rings is 1. The van der Waals surface area contributed by atoms with Gasteiger partial charge in [0, 0.05) is 57.1 Å². The summed E-state index contributed by atoms with van der Waals surface area (Å²) in [6, 6.07) is 9.72. The van der Waals surface area contributed by atoms with Gasteiger partial charge in [0.2, 0.25) is 5.95 Å². The van der Waals surface area contributed by atoms with E-state index in [0.29, 0.717) is 42.4 Å². The first-order valence-electron chi connectivity index (χ1n) is 12.2. The van der Waals surface area contributed by atoms with E-state index in [0.717, 1.165) is 26.0 Å². The number of benzene rings is 1. The van der Waals surface area contributed by atoms with Crippen molar-refractivity contribution in [3.63, 3.8) is 0 Å². The van der Waals surface area contributed by atoms with E-state index in [1.807, 2.05) is 11.0 Å². The minimum atomic E-state index is -4.49. The predicted octanol–water partition coefficient (Wildman–Crippen LogP) is 5.88. The zero-order valence-corrected chi connectivity index (χ0v) is 20.8. The quantitative estimate of drug-likeness (QED) is 0.313. The second-order valence-corrected chi connectivity index (χ2v) is 9.55. The molecule has 0 atom stereocenters. The van der Waals surface area contributed by atoms with E-state index in [1.165, 1.54) is 10.6 Å². The van der Waals surface area contributed by atoms with Gasteiger partial charge in [-0.15, -0.1) is 0 Å². The van der Waals surface area contributed by atoms with Gasteiger partial charge >= 0.3 is 6.18 Å². The first kappa shape index (κ1) is 25.8. The number of pyridine rings is 1. The van der Waals surface area contributed by atoms with Crippen molar-refractivity contribution in [2.45, 2.75) is 31.9 Å². The van der Waals surface area contributed by atoms with E-state index in [4.69, 9.17) is 0 Å². The summed E-state index contributed by atoms with van der Waals surface area (Å²) in [4.78, 5) is 19.0. The van der Waals surface area contributed by atoms with Crippen molar-refractivity contribution in [2.75, 3.05) is 29.9 Å². The maximum Gasteiger partial charge on any atom is 0.434 e. The number of nitrogens with zero attached hydrogens (tertiary/aromatic N) is 6. The molecule has 38 heavy (non-hydrogen) atoms. The molecule has 7 nitrogen and oxygen atoms in total. The highest BCUT2D eigenvalue weighted by molar-refractivity contribution is 5.88. The molecule has 0 bridgehead atoms. The Hall–Kier alpha value is -3.83. The highest BCUT2D eigenvalue weighted by Gasteiger charge is 2.35. The fourth-order valence-electron chi connectivity index (χ4n) is 4.74. The zero-order valence-electron chi connectivity index (χ0n) is 20.8. The lowest BCUT2D eigenvalue weighted by Gasteiger charge is -2.32. The molecule has 1 N–H and O–H groups in total. The average Bonchev–Trinajstić information content (AvgIpc) is 3.29. The molecule has 0 radical (unpaired) electrons. The second-order valence-electron chi connectivity index (χ2n) is 9.55. The van der Waals surface area contributed by atoms with Crippen LogP contribution in [0.2, 0.25) is 0 Å². The number of hydrogen-bond donors (Lipinski definition) is 1. The summed E-state index contributed by atoms with van der Waals surface area (Å²) < 4.78 is 69.1. The van der Waals surface area contributed by atoms with Crippen LogP contribution in [0.1, 0.15) is 31.0 Å². The van der Waals surface area contributed by atoms with Crippen molar-refractivity contribution < 1.29 is 22.0 Å². The molecule has 5 rings (SSSR count). The standard InChI is InChI=1S/C26H26F5N7/c1-25(27,28)19-8-4-3-6-17(19)23-35-21-18(7-5-11-32-21)22(36-23)33-14-16-9-12-38(13-10-16)24-34-20(15-37(24)2)26(29,30)31/h3-8,11,15-16H,9-10,12-14H2,1-2H3,(H,32,33,35,36). The van der Waals surface area contributed by atoms with Gasteiger partial charge in [0.05, 0.1) is 5.39 Å². The Morgan fingerprint density at radius 3 is 2.39 bits per heavy atom. The number of aryl methyl sites for hydroxylation is 1. The number of nitrogens with one attached hydrogen (secondary N) is 1. The molecule has 0 unspecified atom stereocenters. The number of halogens is 5. The van der Waals surface area contributed by atoms with E-state index in [2.05, 4.69) is 25.3 Å². The van der Waals surface area contributed by atoms with Crippen LogP contribution in [0.5, 0.6) is 0 Å². The normalized spacial score (nSPS) is 15.3. The molecular weight excluding hydrogens is 505 g/mol. The number of rotatable bonds is 6. The number of aromatic nitrogens is 5.